The van der Waals surface area contributed by atoms with Crippen LogP contribution in [0, 0.1) is 6.92 Å². The Kier molecular flexibility index (Phi) is 5.71. The summed E-state index contributed by atoms with van der Waals surface area (Å²) in [5, 5.41) is 11.2. The maximum Gasteiger partial charge on any atom is 0.294 e. The minimum absolute atomic E-state index is 0.0666. The van der Waals surface area contributed by atoms with Gasteiger partial charge in [-0.15, -0.1) is 5.10 Å². The SMILES string of the molecule is Cc1ccc(S(=O)(=O)O)cc1.NC1=NCc2nnn(Cc3ccccc3)c2N1. The first-order chi connectivity index (χ1) is 13.3. The number of aliphatic imine (C=N–C) groups is 1. The van der Waals surface area contributed by atoms with Crippen LogP contribution in [0.2, 0.25) is 0 Å². The summed E-state index contributed by atoms with van der Waals surface area (Å²) in [6, 6.07) is 16.1. The van der Waals surface area contributed by atoms with Gasteiger partial charge in [-0.1, -0.05) is 53.2 Å². The lowest BCUT2D eigenvalue weighted by Gasteiger charge is -2.12. The molecule has 0 amide bonds. The molecule has 0 radical (unpaired) electrons. The van der Waals surface area contributed by atoms with E-state index in [2.05, 4.69) is 20.6 Å². The number of hydrogen-bond donors (Lipinski definition) is 3. The number of guanidine groups is 1. The van der Waals surface area contributed by atoms with E-state index in [-0.39, 0.29) is 4.90 Å². The summed E-state index contributed by atoms with van der Waals surface area (Å²) < 4.78 is 31.3. The molecule has 0 fully saturated rings. The Morgan fingerprint density at radius 2 is 1.82 bits per heavy atom. The zero-order valence-electron chi connectivity index (χ0n) is 15.1. The molecule has 0 bridgehead atoms. The summed E-state index contributed by atoms with van der Waals surface area (Å²) in [5.41, 5.74) is 8.60. The highest BCUT2D eigenvalue weighted by atomic mass is 32.2. The highest BCUT2D eigenvalue weighted by Crippen LogP contribution is 2.18. The van der Waals surface area contributed by atoms with Crippen molar-refractivity contribution in [2.75, 3.05) is 5.32 Å². The Balaban J connectivity index is 0.000000178. The molecule has 2 heterocycles. The maximum atomic E-state index is 10.5. The number of hydrogen-bond acceptors (Lipinski definition) is 7. The Labute approximate surface area is 162 Å². The van der Waals surface area contributed by atoms with Crippen LogP contribution in [0.1, 0.15) is 16.8 Å². The Morgan fingerprint density at radius 3 is 2.46 bits per heavy atom. The van der Waals surface area contributed by atoms with Crippen molar-refractivity contribution in [2.24, 2.45) is 10.7 Å². The van der Waals surface area contributed by atoms with Crippen molar-refractivity contribution < 1.29 is 13.0 Å². The lowest BCUT2D eigenvalue weighted by Crippen LogP contribution is -2.27. The van der Waals surface area contributed by atoms with Crippen molar-refractivity contribution in [1.82, 2.24) is 15.0 Å². The van der Waals surface area contributed by atoms with Crippen LogP contribution < -0.4 is 11.1 Å². The van der Waals surface area contributed by atoms with Crippen molar-refractivity contribution in [3.05, 3.63) is 71.4 Å². The molecule has 28 heavy (non-hydrogen) atoms. The van der Waals surface area contributed by atoms with Crippen molar-refractivity contribution in [3.63, 3.8) is 0 Å². The largest absolute Gasteiger partial charge is 0.370 e. The molecule has 0 spiro atoms. The molecular formula is C18H20N6O3S. The smallest absolute Gasteiger partial charge is 0.294 e. The number of nitrogens with zero attached hydrogens (tertiary/aromatic N) is 4. The highest BCUT2D eigenvalue weighted by molar-refractivity contribution is 7.85. The molecular weight excluding hydrogens is 380 g/mol. The van der Waals surface area contributed by atoms with Gasteiger partial charge in [0.25, 0.3) is 10.1 Å². The zero-order valence-corrected chi connectivity index (χ0v) is 16.0. The predicted octanol–water partition coefficient (Wildman–Crippen LogP) is 1.81. The summed E-state index contributed by atoms with van der Waals surface area (Å²) in [6.45, 7) is 3.00. The molecule has 4 rings (SSSR count). The number of nitrogens with one attached hydrogen (secondary N) is 1. The molecule has 0 saturated heterocycles. The van der Waals surface area contributed by atoms with Crippen LogP contribution in [-0.2, 0) is 23.2 Å². The molecule has 9 nitrogen and oxygen atoms in total. The molecule has 2 aromatic carbocycles. The second-order valence-electron chi connectivity index (χ2n) is 6.14. The molecule has 0 atom stereocenters. The summed E-state index contributed by atoms with van der Waals surface area (Å²) in [4.78, 5) is 3.99. The van der Waals surface area contributed by atoms with Crippen LogP contribution in [0.15, 0.2) is 64.5 Å². The Bertz CT molecular complexity index is 1080. The molecule has 3 aromatic rings. The van der Waals surface area contributed by atoms with Gasteiger partial charge >= 0.3 is 0 Å². The van der Waals surface area contributed by atoms with Gasteiger partial charge in [-0.05, 0) is 24.6 Å². The molecule has 1 aliphatic rings. The molecule has 4 N–H and O–H groups in total. The van der Waals surface area contributed by atoms with Crippen molar-refractivity contribution in [2.45, 2.75) is 24.9 Å². The summed E-state index contributed by atoms with van der Waals surface area (Å²) >= 11 is 0. The normalized spacial score (nSPS) is 12.9. The van der Waals surface area contributed by atoms with Gasteiger partial charge in [0.1, 0.15) is 5.69 Å². The van der Waals surface area contributed by atoms with Crippen LogP contribution in [-0.4, -0.2) is 33.9 Å². The minimum Gasteiger partial charge on any atom is -0.370 e. The van der Waals surface area contributed by atoms with Crippen molar-refractivity contribution in [1.29, 1.82) is 0 Å². The van der Waals surface area contributed by atoms with E-state index in [0.29, 0.717) is 19.0 Å². The van der Waals surface area contributed by atoms with E-state index in [4.69, 9.17) is 10.3 Å². The van der Waals surface area contributed by atoms with Crippen LogP contribution in [0.4, 0.5) is 5.82 Å². The van der Waals surface area contributed by atoms with Gasteiger partial charge in [0, 0.05) is 0 Å². The summed E-state index contributed by atoms with van der Waals surface area (Å²) in [7, 11) is -4.02. The molecule has 10 heteroatoms. The summed E-state index contributed by atoms with van der Waals surface area (Å²) in [5.74, 6) is 1.25. The van der Waals surface area contributed by atoms with Gasteiger partial charge in [-0.25, -0.2) is 9.67 Å². The minimum atomic E-state index is -4.02. The van der Waals surface area contributed by atoms with Crippen molar-refractivity contribution in [3.8, 4) is 0 Å². The second-order valence-corrected chi connectivity index (χ2v) is 7.56. The molecule has 0 saturated carbocycles. The van der Waals surface area contributed by atoms with Gasteiger partial charge in [0.2, 0.25) is 0 Å². The van der Waals surface area contributed by atoms with E-state index in [1.807, 2.05) is 37.3 Å². The fourth-order valence-corrected chi connectivity index (χ4v) is 2.97. The van der Waals surface area contributed by atoms with Gasteiger partial charge in [-0.3, -0.25) is 4.55 Å². The third-order valence-electron chi connectivity index (χ3n) is 3.94. The molecule has 1 aliphatic heterocycles. The van der Waals surface area contributed by atoms with Crippen LogP contribution in [0.5, 0.6) is 0 Å². The van der Waals surface area contributed by atoms with E-state index >= 15 is 0 Å². The quantitative estimate of drug-likeness (QED) is 0.570. The topological polar surface area (TPSA) is 135 Å². The first kappa shape index (κ1) is 19.5. The monoisotopic (exact) mass is 400 g/mol. The van der Waals surface area contributed by atoms with Gasteiger partial charge in [0.05, 0.1) is 18.0 Å². The van der Waals surface area contributed by atoms with E-state index in [9.17, 15) is 8.42 Å². The number of aryl methyl sites for hydroxylation is 1. The van der Waals surface area contributed by atoms with Crippen LogP contribution in [0.3, 0.4) is 0 Å². The number of anilines is 1. The van der Waals surface area contributed by atoms with Gasteiger partial charge < -0.3 is 11.1 Å². The summed E-state index contributed by atoms with van der Waals surface area (Å²) in [6.07, 6.45) is 0. The molecule has 146 valence electrons. The average molecular weight is 400 g/mol. The Hall–Kier alpha value is -3.24. The molecule has 0 unspecified atom stereocenters. The van der Waals surface area contributed by atoms with Gasteiger partial charge in [-0.2, -0.15) is 8.42 Å². The fourth-order valence-electron chi connectivity index (χ4n) is 2.49. The number of aromatic nitrogens is 3. The second kappa shape index (κ2) is 8.19. The number of benzene rings is 2. The molecule has 1 aromatic heterocycles. The number of fused-ring (bicyclic) bond motifs is 1. The first-order valence-corrected chi connectivity index (χ1v) is 9.84. The zero-order chi connectivity index (χ0) is 20.1. The standard InChI is InChI=1S/C11H12N6.C7H8O3S/c12-11-13-6-9-10(14-11)17(16-15-9)7-8-4-2-1-3-5-8;1-6-2-4-7(5-3-6)11(8,9)10/h1-5H,6-7H2,(H3,12,13,14);2-5H,1H3,(H,8,9,10). The van der Waals surface area contributed by atoms with E-state index in [1.54, 1.807) is 16.8 Å². The van der Waals surface area contributed by atoms with E-state index < -0.39 is 10.1 Å². The van der Waals surface area contributed by atoms with E-state index in [0.717, 1.165) is 17.1 Å². The highest BCUT2D eigenvalue weighted by Gasteiger charge is 2.17. The van der Waals surface area contributed by atoms with Crippen molar-refractivity contribution >= 4 is 21.9 Å². The molecule has 0 aliphatic carbocycles. The lowest BCUT2D eigenvalue weighted by molar-refractivity contribution is 0.483. The average Bonchev–Trinajstić information content (AvgIpc) is 3.05. The first-order valence-electron chi connectivity index (χ1n) is 8.40. The Morgan fingerprint density at radius 1 is 1.14 bits per heavy atom. The van der Waals surface area contributed by atoms with Crippen LogP contribution >= 0.6 is 0 Å². The van der Waals surface area contributed by atoms with Gasteiger partial charge in [0.15, 0.2) is 11.8 Å². The maximum absolute atomic E-state index is 10.5. The predicted molar refractivity (Wildman–Crippen MR) is 106 cm³/mol. The third-order valence-corrected chi connectivity index (χ3v) is 4.81. The lowest BCUT2D eigenvalue weighted by atomic mass is 10.2. The van der Waals surface area contributed by atoms with E-state index in [1.165, 1.54) is 17.7 Å². The third kappa shape index (κ3) is 4.93. The fraction of sp³-hybridized carbons (Fsp3) is 0.167. The van der Waals surface area contributed by atoms with Crippen LogP contribution in [0.25, 0.3) is 0 Å². The number of rotatable bonds is 3. The number of nitrogens with two attached hydrogens (primary N) is 1.